The van der Waals surface area contributed by atoms with Crippen LogP contribution in [0.1, 0.15) is 5.56 Å². The molecule has 11 heavy (non-hydrogen) atoms. The van der Waals surface area contributed by atoms with Crippen molar-refractivity contribution >= 4 is 26.6 Å². The first-order valence-electron chi connectivity index (χ1n) is 3.04. The summed E-state index contributed by atoms with van der Waals surface area (Å²) in [6.45, 7) is 0. The molecule has 0 radical (unpaired) electrons. The van der Waals surface area contributed by atoms with Gasteiger partial charge in [-0.15, -0.1) is 0 Å². The summed E-state index contributed by atoms with van der Waals surface area (Å²) in [5.74, 6) is 0. The Kier molecular flexibility index (Phi) is 3.08. The van der Waals surface area contributed by atoms with Crippen LogP contribution >= 0.6 is 15.9 Å². The fourth-order valence-electron chi connectivity index (χ4n) is 0.802. The van der Waals surface area contributed by atoms with Gasteiger partial charge in [-0.2, -0.15) is 0 Å². The average molecular weight is 235 g/mol. The molecule has 60 valence electrons. The smallest absolute Gasteiger partial charge is 0.168 e. The Morgan fingerprint density at radius 3 is 2.36 bits per heavy atom. The van der Waals surface area contributed by atoms with Gasteiger partial charge in [0.2, 0.25) is 0 Å². The van der Waals surface area contributed by atoms with Crippen LogP contribution in [0.25, 0.3) is 0 Å². The van der Waals surface area contributed by atoms with Crippen molar-refractivity contribution < 1.29 is 8.42 Å². The highest BCUT2D eigenvalue weighted by molar-refractivity contribution is 9.08. The van der Waals surface area contributed by atoms with E-state index in [0.29, 0.717) is 10.2 Å². The third-order valence-corrected chi connectivity index (χ3v) is 2.77. The molecule has 0 saturated carbocycles. The highest BCUT2D eigenvalue weighted by Gasteiger charge is 2.00. The molecule has 0 atom stereocenters. The van der Waals surface area contributed by atoms with E-state index >= 15 is 0 Å². The molecule has 0 spiro atoms. The molecule has 4 heteroatoms. The molecule has 0 aromatic heterocycles. The van der Waals surface area contributed by atoms with E-state index < -0.39 is 10.7 Å². The quantitative estimate of drug-likeness (QED) is 0.623. The van der Waals surface area contributed by atoms with Crippen molar-refractivity contribution in [1.82, 2.24) is 0 Å². The molecule has 0 unspecified atom stereocenters. The maximum atomic E-state index is 10.6. The van der Waals surface area contributed by atoms with E-state index in [1.165, 1.54) is 0 Å². The Bertz CT molecular complexity index is 312. The minimum Gasteiger partial charge on any atom is -0.227 e. The van der Waals surface area contributed by atoms with Crippen LogP contribution in [-0.2, 0) is 16.0 Å². The molecule has 0 fully saturated rings. The van der Waals surface area contributed by atoms with Crippen LogP contribution in [0.15, 0.2) is 29.2 Å². The maximum Gasteiger partial charge on any atom is 0.168 e. The third kappa shape index (κ3) is 2.04. The number of benzene rings is 1. The highest BCUT2D eigenvalue weighted by atomic mass is 79.9. The molecule has 0 bridgehead atoms. The summed E-state index contributed by atoms with van der Waals surface area (Å²) < 4.78 is 21.2. The monoisotopic (exact) mass is 234 g/mol. The lowest BCUT2D eigenvalue weighted by atomic mass is 10.2. The molecule has 1 aromatic rings. The molecule has 0 N–H and O–H groups in total. The largest absolute Gasteiger partial charge is 0.227 e. The second kappa shape index (κ2) is 3.88. The number of thiol groups is 1. The van der Waals surface area contributed by atoms with E-state index in [1.54, 1.807) is 18.2 Å². The summed E-state index contributed by atoms with van der Waals surface area (Å²) >= 11 is 3.21. The second-order valence-corrected chi connectivity index (χ2v) is 3.58. The van der Waals surface area contributed by atoms with Crippen LogP contribution in [0.3, 0.4) is 0 Å². The van der Waals surface area contributed by atoms with Gasteiger partial charge in [-0.3, -0.25) is 0 Å². The van der Waals surface area contributed by atoms with Crippen LogP contribution in [0, 0.1) is 0 Å². The van der Waals surface area contributed by atoms with Gasteiger partial charge in [-0.1, -0.05) is 34.1 Å². The van der Waals surface area contributed by atoms with Crippen LogP contribution in [0.2, 0.25) is 0 Å². The first-order valence-corrected chi connectivity index (χ1v) is 5.34. The zero-order valence-electron chi connectivity index (χ0n) is 5.66. The lowest BCUT2D eigenvalue weighted by Crippen LogP contribution is -1.86. The highest BCUT2D eigenvalue weighted by Crippen LogP contribution is 2.12. The van der Waals surface area contributed by atoms with Crippen molar-refractivity contribution in [3.63, 3.8) is 0 Å². The standard InChI is InChI=1S/C7H7BrO2S/c8-5-6-3-1-2-4-7(6)11(9)10/h1-4,11H,5H2. The van der Waals surface area contributed by atoms with E-state index in [9.17, 15) is 8.42 Å². The predicted octanol–water partition coefficient (Wildman–Crippen LogP) is 1.55. The van der Waals surface area contributed by atoms with Gasteiger partial charge in [0.15, 0.2) is 10.7 Å². The summed E-state index contributed by atoms with van der Waals surface area (Å²) in [6.07, 6.45) is 0. The zero-order valence-corrected chi connectivity index (χ0v) is 8.14. The molecular weight excluding hydrogens is 228 g/mol. The van der Waals surface area contributed by atoms with Crippen LogP contribution in [0.5, 0.6) is 0 Å². The first kappa shape index (κ1) is 8.74. The average Bonchev–Trinajstić information content (AvgIpc) is 2.04. The molecule has 1 aromatic carbocycles. The number of hydrogen-bond donors (Lipinski definition) is 1. The molecule has 1 rings (SSSR count). The number of hydrogen-bond acceptors (Lipinski definition) is 2. The van der Waals surface area contributed by atoms with Crippen molar-refractivity contribution in [3.05, 3.63) is 29.8 Å². The molecular formula is C7H7BrO2S. The molecule has 0 heterocycles. The third-order valence-electron chi connectivity index (χ3n) is 1.33. The van der Waals surface area contributed by atoms with Crippen molar-refractivity contribution in [1.29, 1.82) is 0 Å². The van der Waals surface area contributed by atoms with Crippen LogP contribution < -0.4 is 0 Å². The van der Waals surface area contributed by atoms with E-state index in [-0.39, 0.29) is 0 Å². The van der Waals surface area contributed by atoms with Crippen LogP contribution in [0.4, 0.5) is 0 Å². The van der Waals surface area contributed by atoms with E-state index in [1.807, 2.05) is 6.07 Å². The number of alkyl halides is 1. The Balaban J connectivity index is 3.23. The topological polar surface area (TPSA) is 34.1 Å². The Morgan fingerprint density at radius 2 is 1.91 bits per heavy atom. The normalized spacial score (nSPS) is 10.4. The Labute approximate surface area is 75.3 Å². The van der Waals surface area contributed by atoms with E-state index in [4.69, 9.17) is 0 Å². The summed E-state index contributed by atoms with van der Waals surface area (Å²) in [4.78, 5) is 0.402. The lowest BCUT2D eigenvalue weighted by molar-refractivity contribution is 0.614. The van der Waals surface area contributed by atoms with Gasteiger partial charge in [-0.05, 0) is 11.6 Å². The minimum absolute atomic E-state index is 0.402. The van der Waals surface area contributed by atoms with E-state index in [2.05, 4.69) is 15.9 Å². The summed E-state index contributed by atoms with van der Waals surface area (Å²) in [6, 6.07) is 6.92. The zero-order chi connectivity index (χ0) is 8.27. The fourth-order valence-corrected chi connectivity index (χ4v) is 2.10. The molecule has 0 aliphatic rings. The van der Waals surface area contributed by atoms with Crippen LogP contribution in [-0.4, -0.2) is 8.42 Å². The maximum absolute atomic E-state index is 10.6. The summed E-state index contributed by atoms with van der Waals surface area (Å²) in [7, 11) is -2.45. The van der Waals surface area contributed by atoms with Gasteiger partial charge in [-0.25, -0.2) is 8.42 Å². The van der Waals surface area contributed by atoms with Gasteiger partial charge in [0.05, 0.1) is 4.90 Å². The molecule has 0 amide bonds. The first-order chi connectivity index (χ1) is 5.25. The predicted molar refractivity (Wildman–Crippen MR) is 47.7 cm³/mol. The van der Waals surface area contributed by atoms with Crippen molar-refractivity contribution in [2.45, 2.75) is 10.2 Å². The van der Waals surface area contributed by atoms with Gasteiger partial charge >= 0.3 is 0 Å². The lowest BCUT2D eigenvalue weighted by Gasteiger charge is -1.97. The Morgan fingerprint density at radius 1 is 1.27 bits per heavy atom. The molecule has 0 saturated heterocycles. The van der Waals surface area contributed by atoms with Crippen molar-refractivity contribution in [2.24, 2.45) is 0 Å². The molecule has 0 aliphatic heterocycles. The van der Waals surface area contributed by atoms with Gasteiger partial charge < -0.3 is 0 Å². The number of halogens is 1. The number of rotatable bonds is 2. The second-order valence-electron chi connectivity index (χ2n) is 2.02. The fraction of sp³-hybridized carbons (Fsp3) is 0.143. The van der Waals surface area contributed by atoms with Crippen molar-refractivity contribution in [3.8, 4) is 0 Å². The van der Waals surface area contributed by atoms with E-state index in [0.717, 1.165) is 5.56 Å². The molecule has 0 aliphatic carbocycles. The summed E-state index contributed by atoms with van der Waals surface area (Å²) in [5.41, 5.74) is 0.809. The van der Waals surface area contributed by atoms with Gasteiger partial charge in [0.25, 0.3) is 0 Å². The minimum atomic E-state index is -2.45. The summed E-state index contributed by atoms with van der Waals surface area (Å²) in [5, 5.41) is 0.576. The van der Waals surface area contributed by atoms with Gasteiger partial charge in [0.1, 0.15) is 0 Å². The molecule has 2 nitrogen and oxygen atoms in total. The van der Waals surface area contributed by atoms with Gasteiger partial charge in [0, 0.05) is 5.33 Å². The SMILES string of the molecule is O=[SH](=O)c1ccccc1CBr. The van der Waals surface area contributed by atoms with Crippen molar-refractivity contribution in [2.75, 3.05) is 0 Å². The Hall–Kier alpha value is -0.350.